The quantitative estimate of drug-likeness (QED) is 0.895. The second-order valence-electron chi connectivity index (χ2n) is 5.95. The number of ether oxygens (including phenoxy) is 1. The summed E-state index contributed by atoms with van der Waals surface area (Å²) in [7, 11) is 1.81. The van der Waals surface area contributed by atoms with Crippen LogP contribution < -0.4 is 10.6 Å². The highest BCUT2D eigenvalue weighted by atomic mass is 16.5. The molecule has 21 heavy (non-hydrogen) atoms. The molecule has 0 aromatic carbocycles. The fourth-order valence-corrected chi connectivity index (χ4v) is 2.50. The van der Waals surface area contributed by atoms with E-state index in [1.54, 1.807) is 6.07 Å². The van der Waals surface area contributed by atoms with Gasteiger partial charge in [0.2, 0.25) is 0 Å². The van der Waals surface area contributed by atoms with Crippen LogP contribution in [0.25, 0.3) is 0 Å². The van der Waals surface area contributed by atoms with Crippen molar-refractivity contribution < 1.29 is 9.53 Å². The number of nitrogens with zero attached hydrogens (tertiary/aromatic N) is 1. The lowest BCUT2D eigenvalue weighted by atomic mass is 10.0. The van der Waals surface area contributed by atoms with Crippen LogP contribution in [0.3, 0.4) is 0 Å². The molecule has 0 spiro atoms. The van der Waals surface area contributed by atoms with Crippen molar-refractivity contribution in [3.8, 4) is 0 Å². The molecule has 1 aromatic rings. The Bertz CT molecular complexity index is 502. The third-order valence-electron chi connectivity index (χ3n) is 3.78. The highest BCUT2D eigenvalue weighted by Crippen LogP contribution is 2.19. The third-order valence-corrected chi connectivity index (χ3v) is 3.78. The molecule has 2 unspecified atom stereocenters. The van der Waals surface area contributed by atoms with Gasteiger partial charge in [-0.2, -0.15) is 0 Å². The van der Waals surface area contributed by atoms with Crippen molar-refractivity contribution >= 4 is 11.7 Å². The minimum atomic E-state index is -0.0325. The van der Waals surface area contributed by atoms with Gasteiger partial charge in [-0.15, -0.1) is 0 Å². The van der Waals surface area contributed by atoms with Gasteiger partial charge in [0.15, 0.2) is 0 Å². The average Bonchev–Trinajstić information content (AvgIpc) is 2.46. The number of hydrogen-bond donors (Lipinski definition) is 2. The number of rotatable bonds is 4. The maximum absolute atomic E-state index is 12.5. The molecule has 0 saturated carbocycles. The fourth-order valence-electron chi connectivity index (χ4n) is 2.50. The summed E-state index contributed by atoms with van der Waals surface area (Å²) in [6.07, 6.45) is 1.95. The zero-order chi connectivity index (χ0) is 15.4. The van der Waals surface area contributed by atoms with Gasteiger partial charge >= 0.3 is 0 Å². The Hall–Kier alpha value is -1.62. The second kappa shape index (κ2) is 6.89. The number of carbonyl (C=O) groups is 1. The van der Waals surface area contributed by atoms with Gasteiger partial charge in [0.1, 0.15) is 5.82 Å². The van der Waals surface area contributed by atoms with Crippen molar-refractivity contribution in [2.45, 2.75) is 51.7 Å². The highest BCUT2D eigenvalue weighted by Gasteiger charge is 2.22. The summed E-state index contributed by atoms with van der Waals surface area (Å²) >= 11 is 0. The average molecular weight is 291 g/mol. The molecule has 2 rings (SSSR count). The smallest absolute Gasteiger partial charge is 0.251 e. The molecule has 5 nitrogen and oxygen atoms in total. The molecule has 1 saturated heterocycles. The van der Waals surface area contributed by atoms with Crippen LogP contribution in [0.4, 0.5) is 5.82 Å². The van der Waals surface area contributed by atoms with Crippen molar-refractivity contribution in [3.63, 3.8) is 0 Å². The minimum absolute atomic E-state index is 0.0325. The Morgan fingerprint density at radius 2 is 2.19 bits per heavy atom. The van der Waals surface area contributed by atoms with Crippen LogP contribution >= 0.6 is 0 Å². The fraction of sp³-hybridized carbons (Fsp3) is 0.625. The predicted octanol–water partition coefficient (Wildman–Crippen LogP) is 2.54. The van der Waals surface area contributed by atoms with Crippen LogP contribution in [-0.4, -0.2) is 36.7 Å². The maximum Gasteiger partial charge on any atom is 0.251 e. The lowest BCUT2D eigenvalue weighted by Crippen LogP contribution is -2.41. The molecule has 2 atom stereocenters. The first-order valence-electron chi connectivity index (χ1n) is 7.61. The van der Waals surface area contributed by atoms with Crippen LogP contribution in [-0.2, 0) is 4.74 Å². The Labute approximate surface area is 126 Å². The van der Waals surface area contributed by atoms with Gasteiger partial charge in [0.25, 0.3) is 5.91 Å². The largest absolute Gasteiger partial charge is 0.378 e. The summed E-state index contributed by atoms with van der Waals surface area (Å²) in [5.41, 5.74) is 1.59. The van der Waals surface area contributed by atoms with E-state index in [1.165, 1.54) is 0 Å². The number of pyridine rings is 1. The third kappa shape index (κ3) is 4.17. The molecular formula is C16H25N3O2. The molecule has 0 radical (unpaired) electrons. The van der Waals surface area contributed by atoms with E-state index in [2.05, 4.69) is 29.5 Å². The van der Waals surface area contributed by atoms with E-state index >= 15 is 0 Å². The molecule has 0 bridgehead atoms. The van der Waals surface area contributed by atoms with Crippen molar-refractivity contribution in [1.82, 2.24) is 10.3 Å². The van der Waals surface area contributed by atoms with E-state index in [0.717, 1.165) is 24.4 Å². The molecule has 1 fully saturated rings. The minimum Gasteiger partial charge on any atom is -0.378 e. The summed E-state index contributed by atoms with van der Waals surface area (Å²) in [6, 6.07) is 3.86. The SMILES string of the molecule is CNc1cc(C(=O)NC2CCOC(C)C2)cc(C(C)C)n1. The Morgan fingerprint density at radius 1 is 1.43 bits per heavy atom. The molecule has 1 aliphatic heterocycles. The molecule has 1 aromatic heterocycles. The second-order valence-corrected chi connectivity index (χ2v) is 5.95. The van der Waals surface area contributed by atoms with Gasteiger partial charge in [-0.3, -0.25) is 4.79 Å². The van der Waals surface area contributed by atoms with E-state index in [1.807, 2.05) is 20.0 Å². The van der Waals surface area contributed by atoms with Crippen molar-refractivity contribution in [2.24, 2.45) is 0 Å². The summed E-state index contributed by atoms with van der Waals surface area (Å²) in [4.78, 5) is 16.9. The lowest BCUT2D eigenvalue weighted by molar-refractivity contribution is 0.0136. The van der Waals surface area contributed by atoms with Crippen molar-refractivity contribution in [1.29, 1.82) is 0 Å². The van der Waals surface area contributed by atoms with Gasteiger partial charge in [-0.05, 0) is 37.8 Å². The molecule has 2 N–H and O–H groups in total. The Balaban J connectivity index is 2.12. The first kappa shape index (κ1) is 15.8. The number of anilines is 1. The van der Waals surface area contributed by atoms with Crippen molar-refractivity contribution in [2.75, 3.05) is 19.0 Å². The molecule has 0 aliphatic carbocycles. The summed E-state index contributed by atoms with van der Waals surface area (Å²) in [6.45, 7) is 6.90. The standard InChI is InChI=1S/C16H25N3O2/c1-10(2)14-8-12(9-15(17-4)19-14)16(20)18-13-5-6-21-11(3)7-13/h8-11,13H,5-7H2,1-4H3,(H,17,19)(H,18,20). The Morgan fingerprint density at radius 3 is 2.81 bits per heavy atom. The first-order chi connectivity index (χ1) is 9.99. The number of amides is 1. The summed E-state index contributed by atoms with van der Waals surface area (Å²) in [5, 5.41) is 6.13. The molecule has 116 valence electrons. The number of aromatic nitrogens is 1. The van der Waals surface area contributed by atoms with E-state index in [4.69, 9.17) is 4.74 Å². The van der Waals surface area contributed by atoms with Crippen LogP contribution in [0.1, 0.15) is 55.6 Å². The van der Waals surface area contributed by atoms with Crippen LogP contribution in [0.2, 0.25) is 0 Å². The zero-order valence-electron chi connectivity index (χ0n) is 13.3. The molecule has 2 heterocycles. The van der Waals surface area contributed by atoms with Gasteiger partial charge in [0.05, 0.1) is 6.10 Å². The van der Waals surface area contributed by atoms with Crippen LogP contribution in [0.5, 0.6) is 0 Å². The molecule has 1 amide bonds. The zero-order valence-corrected chi connectivity index (χ0v) is 13.3. The van der Waals surface area contributed by atoms with Gasteiger partial charge in [-0.1, -0.05) is 13.8 Å². The van der Waals surface area contributed by atoms with E-state index in [-0.39, 0.29) is 24.0 Å². The molecular weight excluding hydrogens is 266 g/mol. The maximum atomic E-state index is 12.5. The monoisotopic (exact) mass is 291 g/mol. The van der Waals surface area contributed by atoms with Crippen LogP contribution in [0.15, 0.2) is 12.1 Å². The lowest BCUT2D eigenvalue weighted by Gasteiger charge is -2.28. The van der Waals surface area contributed by atoms with Crippen molar-refractivity contribution in [3.05, 3.63) is 23.4 Å². The number of nitrogens with one attached hydrogen (secondary N) is 2. The summed E-state index contributed by atoms with van der Waals surface area (Å²) in [5.74, 6) is 0.981. The molecule has 5 heteroatoms. The van der Waals surface area contributed by atoms with Gasteiger partial charge in [0, 0.05) is 31.0 Å². The summed E-state index contributed by atoms with van der Waals surface area (Å²) < 4.78 is 5.51. The topological polar surface area (TPSA) is 63.2 Å². The predicted molar refractivity (Wildman–Crippen MR) is 83.8 cm³/mol. The van der Waals surface area contributed by atoms with Gasteiger partial charge in [-0.25, -0.2) is 4.98 Å². The number of carbonyl (C=O) groups excluding carboxylic acids is 1. The van der Waals surface area contributed by atoms with E-state index < -0.39 is 0 Å². The number of hydrogen-bond acceptors (Lipinski definition) is 4. The van der Waals surface area contributed by atoms with E-state index in [0.29, 0.717) is 12.2 Å². The Kier molecular flexibility index (Phi) is 5.17. The van der Waals surface area contributed by atoms with Crippen LogP contribution in [0, 0.1) is 0 Å². The first-order valence-corrected chi connectivity index (χ1v) is 7.61. The highest BCUT2D eigenvalue weighted by molar-refractivity contribution is 5.95. The molecule has 1 aliphatic rings. The van der Waals surface area contributed by atoms with Gasteiger partial charge < -0.3 is 15.4 Å². The van der Waals surface area contributed by atoms with E-state index in [9.17, 15) is 4.79 Å². The normalized spacial score (nSPS) is 22.1.